The summed E-state index contributed by atoms with van der Waals surface area (Å²) in [6, 6.07) is -1.12. The molecule has 4 N–H and O–H groups in total. The number of hydrogen-bond acceptors (Lipinski definition) is 12. The lowest BCUT2D eigenvalue weighted by molar-refractivity contribution is -0.162. The SMILES string of the molecule is CCOP(=O)(CO[C@H]1C(=O)[C@@H](n2cnc3c(=O)[nH]c(N)nc32)[C@](C)(CC(C)(C)[Si](C)(C)O)[C@H]1OC(C)=O)OCC. The van der Waals surface area contributed by atoms with Gasteiger partial charge in [0, 0.05) is 12.3 Å². The van der Waals surface area contributed by atoms with Gasteiger partial charge in [-0.25, -0.2) is 4.98 Å². The first kappa shape index (κ1) is 32.1. The predicted octanol–water partition coefficient (Wildman–Crippen LogP) is 2.74. The van der Waals surface area contributed by atoms with E-state index in [0.29, 0.717) is 0 Å². The molecule has 16 heteroatoms. The topological polar surface area (TPSA) is 198 Å². The van der Waals surface area contributed by atoms with E-state index in [1.54, 1.807) is 33.9 Å². The van der Waals surface area contributed by atoms with Gasteiger partial charge in [-0.1, -0.05) is 20.8 Å². The molecule has 3 rings (SSSR count). The van der Waals surface area contributed by atoms with E-state index in [-0.39, 0.29) is 36.7 Å². The average Bonchev–Trinajstić information content (AvgIpc) is 3.28. The summed E-state index contributed by atoms with van der Waals surface area (Å²) in [7, 11) is -6.60. The van der Waals surface area contributed by atoms with E-state index >= 15 is 0 Å². The molecule has 0 amide bonds. The van der Waals surface area contributed by atoms with Crippen molar-refractivity contribution in [3.63, 3.8) is 0 Å². The number of fused-ring (bicyclic) bond motifs is 1. The first-order valence-corrected chi connectivity index (χ1v) is 17.7. The van der Waals surface area contributed by atoms with E-state index in [1.807, 2.05) is 13.8 Å². The van der Waals surface area contributed by atoms with E-state index in [4.69, 9.17) is 24.3 Å². The molecule has 224 valence electrons. The second-order valence-corrected chi connectivity index (χ2v) is 17.9. The zero-order valence-electron chi connectivity index (χ0n) is 24.2. The highest BCUT2D eigenvalue weighted by Crippen LogP contribution is 2.58. The molecule has 1 aliphatic carbocycles. The van der Waals surface area contributed by atoms with Crippen LogP contribution in [-0.2, 0) is 32.7 Å². The Kier molecular flexibility index (Phi) is 9.19. The van der Waals surface area contributed by atoms with Crippen LogP contribution in [0.1, 0.15) is 54.0 Å². The number of carbonyl (C=O) groups is 2. The third-order valence-corrected chi connectivity index (χ3v) is 12.9. The number of hydrogen-bond donors (Lipinski definition) is 3. The summed E-state index contributed by atoms with van der Waals surface area (Å²) in [5.74, 6) is -1.36. The third kappa shape index (κ3) is 6.09. The molecule has 40 heavy (non-hydrogen) atoms. The van der Waals surface area contributed by atoms with Crippen molar-refractivity contribution in [2.45, 2.75) is 84.3 Å². The van der Waals surface area contributed by atoms with Crippen molar-refractivity contribution in [3.8, 4) is 0 Å². The summed E-state index contributed by atoms with van der Waals surface area (Å²) in [4.78, 5) is 61.1. The predicted molar refractivity (Wildman–Crippen MR) is 149 cm³/mol. The number of Topliss-reactive ketones (excluding diaryl/α,β-unsaturated/α-hetero) is 1. The average molecular weight is 602 g/mol. The Morgan fingerprint density at radius 3 is 2.40 bits per heavy atom. The molecule has 1 aliphatic rings. The highest BCUT2D eigenvalue weighted by Gasteiger charge is 2.64. The number of nitrogens with zero attached hydrogens (tertiary/aromatic N) is 3. The van der Waals surface area contributed by atoms with Crippen LogP contribution in [0.3, 0.4) is 0 Å². The summed E-state index contributed by atoms with van der Waals surface area (Å²) in [6.45, 7) is 13.8. The van der Waals surface area contributed by atoms with Gasteiger partial charge in [0.25, 0.3) is 5.56 Å². The Hall–Kier alpha value is -2.42. The fourth-order valence-electron chi connectivity index (χ4n) is 5.31. The van der Waals surface area contributed by atoms with Crippen molar-refractivity contribution in [1.29, 1.82) is 0 Å². The van der Waals surface area contributed by atoms with E-state index < -0.39 is 68.3 Å². The molecular formula is C24H40N5O9PSi. The fourth-order valence-corrected chi connectivity index (χ4v) is 7.47. The van der Waals surface area contributed by atoms with Gasteiger partial charge >= 0.3 is 13.6 Å². The van der Waals surface area contributed by atoms with Gasteiger partial charge in [0.15, 0.2) is 31.4 Å². The number of anilines is 1. The number of carbonyl (C=O) groups excluding carboxylic acids is 2. The van der Waals surface area contributed by atoms with Crippen LogP contribution in [0.25, 0.3) is 11.2 Å². The highest BCUT2D eigenvalue weighted by molar-refractivity contribution is 7.53. The maximum absolute atomic E-state index is 14.3. The molecule has 0 aromatic carbocycles. The number of rotatable bonds is 12. The Morgan fingerprint density at radius 2 is 1.88 bits per heavy atom. The highest BCUT2D eigenvalue weighted by atomic mass is 31.2. The van der Waals surface area contributed by atoms with E-state index in [9.17, 15) is 23.7 Å². The summed E-state index contributed by atoms with van der Waals surface area (Å²) in [6.07, 6.45) is -1.61. The lowest BCUT2D eigenvalue weighted by atomic mass is 9.75. The van der Waals surface area contributed by atoms with E-state index in [0.717, 1.165) is 0 Å². The van der Waals surface area contributed by atoms with Gasteiger partial charge in [-0.3, -0.25) is 23.9 Å². The molecule has 14 nitrogen and oxygen atoms in total. The van der Waals surface area contributed by atoms with Crippen molar-refractivity contribution >= 4 is 44.8 Å². The van der Waals surface area contributed by atoms with Gasteiger partial charge in [-0.15, -0.1) is 0 Å². The molecule has 0 unspecified atom stereocenters. The second-order valence-electron chi connectivity index (χ2n) is 11.4. The lowest BCUT2D eigenvalue weighted by Gasteiger charge is -2.45. The van der Waals surface area contributed by atoms with Gasteiger partial charge in [-0.2, -0.15) is 4.98 Å². The number of ether oxygens (including phenoxy) is 2. The number of imidazole rings is 1. The third-order valence-electron chi connectivity index (χ3n) is 7.66. The molecule has 0 spiro atoms. The smallest absolute Gasteiger partial charge is 0.356 e. The molecule has 2 aromatic heterocycles. The minimum atomic E-state index is -3.74. The number of nitrogens with one attached hydrogen (secondary N) is 1. The molecule has 2 aromatic rings. The van der Waals surface area contributed by atoms with Crippen molar-refractivity contribution < 1.29 is 37.5 Å². The number of aromatic nitrogens is 4. The maximum atomic E-state index is 14.3. The van der Waals surface area contributed by atoms with Gasteiger partial charge in [0.1, 0.15) is 18.5 Å². The number of aromatic amines is 1. The van der Waals surface area contributed by atoms with Crippen LogP contribution < -0.4 is 11.3 Å². The van der Waals surface area contributed by atoms with E-state index in [2.05, 4.69) is 15.0 Å². The largest absolute Gasteiger partial charge is 0.459 e. The first-order valence-electron chi connectivity index (χ1n) is 13.1. The molecule has 4 atom stereocenters. The van der Waals surface area contributed by atoms with Crippen LogP contribution >= 0.6 is 7.60 Å². The van der Waals surface area contributed by atoms with Crippen LogP contribution in [0.4, 0.5) is 5.95 Å². The zero-order chi connectivity index (χ0) is 30.3. The maximum Gasteiger partial charge on any atom is 0.356 e. The lowest BCUT2D eigenvalue weighted by Crippen LogP contribution is -2.48. The standard InChI is InChI=1S/C24H40N5O9PSi/c1-9-36-39(33,37-10-2)13-35-17-16(31)18(29-12-26-15-20(29)27-22(25)28-21(15)32)24(6,19(17)38-14(3)30)11-23(4,5)40(7,8)34/h12,17-19,34H,9-11,13H2,1-8H3,(H3,25,27,28,32)/t17-,18+,19-,24-/m0/s1. The molecule has 1 saturated carbocycles. The minimum Gasteiger partial charge on any atom is -0.459 e. The zero-order valence-corrected chi connectivity index (χ0v) is 26.1. The van der Waals surface area contributed by atoms with E-state index in [1.165, 1.54) is 17.8 Å². The number of H-pyrrole nitrogens is 1. The molecule has 0 bridgehead atoms. The number of nitrogen functional groups attached to an aromatic ring is 1. The fraction of sp³-hybridized carbons (Fsp3) is 0.708. The van der Waals surface area contributed by atoms with Crippen molar-refractivity contribution in [2.24, 2.45) is 5.41 Å². The quantitative estimate of drug-likeness (QED) is 0.183. The Morgan fingerprint density at radius 1 is 1.27 bits per heavy atom. The van der Waals surface area contributed by atoms with Crippen LogP contribution in [0, 0.1) is 5.41 Å². The monoisotopic (exact) mass is 601 g/mol. The molecular weight excluding hydrogens is 561 g/mol. The molecule has 2 heterocycles. The summed E-state index contributed by atoms with van der Waals surface area (Å²) in [5.41, 5.74) is 4.04. The molecule has 0 aliphatic heterocycles. The first-order chi connectivity index (χ1) is 18.4. The number of nitrogens with two attached hydrogens (primary N) is 1. The van der Waals surface area contributed by atoms with Crippen LogP contribution in [0.2, 0.25) is 18.1 Å². The van der Waals surface area contributed by atoms with Crippen molar-refractivity contribution in [3.05, 3.63) is 16.7 Å². The van der Waals surface area contributed by atoms with Crippen molar-refractivity contribution in [1.82, 2.24) is 19.5 Å². The normalized spacial score (nSPS) is 24.1. The second kappa shape index (κ2) is 11.5. The number of esters is 1. The van der Waals surface area contributed by atoms with Crippen LogP contribution in [0.5, 0.6) is 0 Å². The Balaban J connectivity index is 2.23. The summed E-state index contributed by atoms with van der Waals surface area (Å²) in [5, 5.41) is -0.695. The van der Waals surface area contributed by atoms with Gasteiger partial charge in [0.2, 0.25) is 5.95 Å². The molecule has 1 fully saturated rings. The summed E-state index contributed by atoms with van der Waals surface area (Å²) >= 11 is 0. The van der Waals surface area contributed by atoms with Crippen LogP contribution in [-0.4, -0.2) is 76.2 Å². The van der Waals surface area contributed by atoms with Gasteiger partial charge in [0.05, 0.1) is 19.5 Å². The number of ketones is 1. The van der Waals surface area contributed by atoms with Gasteiger partial charge in [-0.05, 0) is 38.4 Å². The van der Waals surface area contributed by atoms with Crippen molar-refractivity contribution in [2.75, 3.05) is 25.3 Å². The Bertz CT molecular complexity index is 1360. The molecule has 0 radical (unpaired) electrons. The molecule has 0 saturated heterocycles. The van der Waals surface area contributed by atoms with Crippen LogP contribution in [0.15, 0.2) is 11.1 Å². The minimum absolute atomic E-state index is 0.0360. The Labute approximate surface area is 233 Å². The summed E-state index contributed by atoms with van der Waals surface area (Å²) < 4.78 is 37.0. The van der Waals surface area contributed by atoms with Gasteiger partial charge < -0.3 is 33.6 Å².